The summed E-state index contributed by atoms with van der Waals surface area (Å²) in [5.41, 5.74) is 0.549. The molecule has 1 aliphatic rings. The second-order valence-electron chi connectivity index (χ2n) is 6.97. The third kappa shape index (κ3) is 4.74. The van der Waals surface area contributed by atoms with Crippen molar-refractivity contribution < 1.29 is 18.1 Å². The van der Waals surface area contributed by atoms with Crippen LogP contribution in [0.3, 0.4) is 0 Å². The molecule has 1 fully saturated rings. The molecule has 3 rings (SSSR count). The number of rotatable bonds is 6. The van der Waals surface area contributed by atoms with E-state index in [-0.39, 0.29) is 27.4 Å². The Morgan fingerprint density at radius 2 is 1.97 bits per heavy atom. The molecule has 0 aliphatic carbocycles. The van der Waals surface area contributed by atoms with Gasteiger partial charge in [0, 0.05) is 44.9 Å². The number of hydrogen-bond donors (Lipinski definition) is 1. The standard InChI is InChI=1S/C18H22N4O5S2/c1-20(2)15-6-5-13(12-16(15)22(24)25)18(23)21-9-7-14(8-10-21)19-29(26,27)17-4-3-11-28-17/h3-6,11-12,14,19H,7-10H2,1-2H3. The Bertz CT molecular complexity index is 997. The summed E-state index contributed by atoms with van der Waals surface area (Å²) in [6.07, 6.45) is 0.961. The molecule has 0 bridgehead atoms. The summed E-state index contributed by atoms with van der Waals surface area (Å²) >= 11 is 1.15. The molecule has 2 aromatic rings. The first-order valence-electron chi connectivity index (χ1n) is 9.00. The van der Waals surface area contributed by atoms with Crippen LogP contribution in [0, 0.1) is 10.1 Å². The summed E-state index contributed by atoms with van der Waals surface area (Å²) < 4.78 is 27.6. The van der Waals surface area contributed by atoms with E-state index in [4.69, 9.17) is 0 Å². The van der Waals surface area contributed by atoms with E-state index >= 15 is 0 Å². The summed E-state index contributed by atoms with van der Waals surface area (Å²) in [7, 11) is -0.149. The molecule has 0 spiro atoms. The van der Waals surface area contributed by atoms with Gasteiger partial charge in [-0.3, -0.25) is 14.9 Å². The van der Waals surface area contributed by atoms with E-state index in [9.17, 15) is 23.3 Å². The second kappa shape index (κ2) is 8.47. The summed E-state index contributed by atoms with van der Waals surface area (Å²) in [4.78, 5) is 26.8. The van der Waals surface area contributed by atoms with Crippen molar-refractivity contribution >= 4 is 38.6 Å². The predicted octanol–water partition coefficient (Wildman–Crippen LogP) is 2.31. The van der Waals surface area contributed by atoms with Crippen LogP contribution < -0.4 is 9.62 Å². The van der Waals surface area contributed by atoms with Crippen molar-refractivity contribution in [1.29, 1.82) is 0 Å². The first-order chi connectivity index (χ1) is 13.7. The molecule has 1 amide bonds. The number of nitrogens with one attached hydrogen (secondary N) is 1. The number of anilines is 1. The van der Waals surface area contributed by atoms with Crippen molar-refractivity contribution in [1.82, 2.24) is 9.62 Å². The number of nitrogens with zero attached hydrogens (tertiary/aromatic N) is 3. The number of hydrogen-bond acceptors (Lipinski definition) is 7. The van der Waals surface area contributed by atoms with Crippen molar-refractivity contribution in [2.75, 3.05) is 32.1 Å². The zero-order chi connectivity index (χ0) is 21.2. The van der Waals surface area contributed by atoms with Gasteiger partial charge >= 0.3 is 0 Å². The Morgan fingerprint density at radius 3 is 2.52 bits per heavy atom. The van der Waals surface area contributed by atoms with Crippen LogP contribution in [0.15, 0.2) is 39.9 Å². The van der Waals surface area contributed by atoms with E-state index in [0.29, 0.717) is 31.6 Å². The van der Waals surface area contributed by atoms with Gasteiger partial charge in [0.15, 0.2) is 0 Å². The molecule has 0 unspecified atom stereocenters. The molecule has 156 valence electrons. The molecule has 11 heteroatoms. The van der Waals surface area contributed by atoms with Crippen molar-refractivity contribution in [3.8, 4) is 0 Å². The average molecular weight is 439 g/mol. The molecular formula is C18H22N4O5S2. The van der Waals surface area contributed by atoms with Crippen LogP contribution in [0.5, 0.6) is 0 Å². The highest BCUT2D eigenvalue weighted by Gasteiger charge is 2.28. The van der Waals surface area contributed by atoms with Gasteiger partial charge < -0.3 is 9.80 Å². The predicted molar refractivity (Wildman–Crippen MR) is 111 cm³/mol. The van der Waals surface area contributed by atoms with Crippen LogP contribution in [-0.4, -0.2) is 57.4 Å². The van der Waals surface area contributed by atoms with Crippen LogP contribution in [0.4, 0.5) is 11.4 Å². The third-order valence-corrected chi connectivity index (χ3v) is 7.68. The summed E-state index contributed by atoms with van der Waals surface area (Å²) in [6, 6.07) is 7.42. The monoisotopic (exact) mass is 438 g/mol. The maximum atomic E-state index is 12.8. The summed E-state index contributed by atoms with van der Waals surface area (Å²) in [6.45, 7) is 0.749. The molecule has 9 nitrogen and oxygen atoms in total. The third-order valence-electron chi connectivity index (χ3n) is 4.76. The number of amides is 1. The fourth-order valence-electron chi connectivity index (χ4n) is 3.26. The smallest absolute Gasteiger partial charge is 0.293 e. The fourth-order valence-corrected chi connectivity index (χ4v) is 5.57. The number of carbonyl (C=O) groups excluding carboxylic acids is 1. The van der Waals surface area contributed by atoms with Gasteiger partial charge in [0.25, 0.3) is 11.6 Å². The lowest BCUT2D eigenvalue weighted by Gasteiger charge is -2.32. The Labute approximate surface area is 173 Å². The lowest BCUT2D eigenvalue weighted by molar-refractivity contribution is -0.384. The molecule has 1 N–H and O–H groups in total. The van der Waals surface area contributed by atoms with Crippen molar-refractivity contribution in [3.63, 3.8) is 0 Å². The molecule has 29 heavy (non-hydrogen) atoms. The van der Waals surface area contributed by atoms with Gasteiger partial charge in [-0.1, -0.05) is 6.07 Å². The minimum absolute atomic E-state index is 0.126. The fraction of sp³-hybridized carbons (Fsp3) is 0.389. The van der Waals surface area contributed by atoms with Crippen LogP contribution in [-0.2, 0) is 10.0 Å². The Balaban J connectivity index is 1.66. The maximum absolute atomic E-state index is 12.8. The number of nitro groups is 1. The normalized spacial score (nSPS) is 15.3. The van der Waals surface area contributed by atoms with Crippen LogP contribution >= 0.6 is 11.3 Å². The summed E-state index contributed by atoms with van der Waals surface area (Å²) in [5.74, 6) is -0.294. The van der Waals surface area contributed by atoms with E-state index in [0.717, 1.165) is 11.3 Å². The van der Waals surface area contributed by atoms with Gasteiger partial charge in [-0.05, 0) is 36.4 Å². The zero-order valence-electron chi connectivity index (χ0n) is 16.1. The number of benzene rings is 1. The van der Waals surface area contributed by atoms with Crippen LogP contribution in [0.1, 0.15) is 23.2 Å². The van der Waals surface area contributed by atoms with Crippen molar-refractivity contribution in [2.24, 2.45) is 0 Å². The van der Waals surface area contributed by atoms with Gasteiger partial charge in [0.05, 0.1) is 4.92 Å². The van der Waals surface area contributed by atoms with Crippen molar-refractivity contribution in [3.05, 3.63) is 51.4 Å². The lowest BCUT2D eigenvalue weighted by Crippen LogP contribution is -2.46. The quantitative estimate of drug-likeness (QED) is 0.547. The SMILES string of the molecule is CN(C)c1ccc(C(=O)N2CCC(NS(=O)(=O)c3cccs3)CC2)cc1[N+](=O)[O-]. The van der Waals surface area contributed by atoms with E-state index < -0.39 is 14.9 Å². The Kier molecular flexibility index (Phi) is 6.20. The number of carbonyl (C=O) groups is 1. The van der Waals surface area contributed by atoms with Gasteiger partial charge in [0.1, 0.15) is 9.90 Å². The van der Waals surface area contributed by atoms with Gasteiger partial charge in [-0.25, -0.2) is 13.1 Å². The number of sulfonamides is 1. The van der Waals surface area contributed by atoms with E-state index in [1.807, 2.05) is 0 Å². The van der Waals surface area contributed by atoms with E-state index in [1.165, 1.54) is 6.07 Å². The molecule has 1 aliphatic heterocycles. The molecule has 1 aromatic heterocycles. The number of thiophene rings is 1. The number of piperidine rings is 1. The highest BCUT2D eigenvalue weighted by Crippen LogP contribution is 2.28. The van der Waals surface area contributed by atoms with Gasteiger partial charge in [-0.2, -0.15) is 0 Å². The highest BCUT2D eigenvalue weighted by atomic mass is 32.2. The minimum atomic E-state index is -3.55. The largest absolute Gasteiger partial charge is 0.372 e. The first-order valence-corrected chi connectivity index (χ1v) is 11.4. The zero-order valence-corrected chi connectivity index (χ0v) is 17.7. The van der Waals surface area contributed by atoms with Crippen LogP contribution in [0.25, 0.3) is 0 Å². The number of nitro benzene ring substituents is 1. The molecular weight excluding hydrogens is 416 g/mol. The molecule has 0 saturated carbocycles. The number of likely N-dealkylation sites (tertiary alicyclic amines) is 1. The first kappa shape index (κ1) is 21.2. The molecule has 1 saturated heterocycles. The summed E-state index contributed by atoms with van der Waals surface area (Å²) in [5, 5.41) is 13.0. The highest BCUT2D eigenvalue weighted by molar-refractivity contribution is 7.91. The topological polar surface area (TPSA) is 113 Å². The maximum Gasteiger partial charge on any atom is 0.293 e. The molecule has 1 aromatic carbocycles. The van der Waals surface area contributed by atoms with E-state index in [1.54, 1.807) is 53.5 Å². The van der Waals surface area contributed by atoms with Crippen LogP contribution in [0.2, 0.25) is 0 Å². The molecule has 0 radical (unpaired) electrons. The molecule has 2 heterocycles. The minimum Gasteiger partial charge on any atom is -0.372 e. The molecule has 0 atom stereocenters. The van der Waals surface area contributed by atoms with Gasteiger partial charge in [0.2, 0.25) is 10.0 Å². The second-order valence-corrected chi connectivity index (χ2v) is 9.86. The van der Waals surface area contributed by atoms with Gasteiger partial charge in [-0.15, -0.1) is 11.3 Å². The average Bonchev–Trinajstić information content (AvgIpc) is 3.23. The van der Waals surface area contributed by atoms with E-state index in [2.05, 4.69) is 4.72 Å². The Morgan fingerprint density at radius 1 is 1.28 bits per heavy atom. The Hall–Kier alpha value is -2.50. The van der Waals surface area contributed by atoms with Crippen molar-refractivity contribution in [2.45, 2.75) is 23.1 Å². The lowest BCUT2D eigenvalue weighted by atomic mass is 10.0.